The number of nitrogens with one attached hydrogen (secondary N) is 1. The number of aliphatic hydroxyl groups is 4. The first kappa shape index (κ1) is 66.9. The van der Waals surface area contributed by atoms with Crippen molar-refractivity contribution in [3.05, 3.63) is 12.2 Å². The van der Waals surface area contributed by atoms with E-state index in [-0.39, 0.29) is 12.5 Å². The molecule has 13 heteroatoms. The van der Waals surface area contributed by atoms with Crippen molar-refractivity contribution < 1.29 is 51.8 Å². The zero-order valence-corrected chi connectivity index (χ0v) is 45.9. The summed E-state index contributed by atoms with van der Waals surface area (Å²) in [4.78, 5) is 13.1. The van der Waals surface area contributed by atoms with Crippen LogP contribution in [0.25, 0.3) is 0 Å². The molecule has 0 spiro atoms. The maximum atomic E-state index is 13.1. The fourth-order valence-corrected chi connectivity index (χ4v) is 10.3. The number of rotatable bonds is 52. The summed E-state index contributed by atoms with van der Waals surface area (Å²) in [5.41, 5.74) is 0. The van der Waals surface area contributed by atoms with Crippen LogP contribution in [-0.2, 0) is 28.9 Å². The van der Waals surface area contributed by atoms with Crippen LogP contribution < -0.4 is 5.32 Å². The van der Waals surface area contributed by atoms with E-state index in [4.69, 9.17) is 9.47 Å². The Labute approximate surface area is 430 Å². The smallest absolute Gasteiger partial charge is 0.394 e. The maximum Gasteiger partial charge on any atom is 0.397 e. The topological polar surface area (TPSA) is 192 Å². The maximum absolute atomic E-state index is 13.1. The SMILES string of the molecule is CCCCCCCCCCCCCC/C=C\CCCCCCCCCCCCCCCCC(=O)NC(COC1OC(CO)C(O)C(OS(=O)(=O)O)C1O)C(O)CCCCCCCCCCCCCCC. The molecule has 0 aliphatic carbocycles. The van der Waals surface area contributed by atoms with Crippen LogP contribution >= 0.6 is 0 Å². The van der Waals surface area contributed by atoms with Crippen LogP contribution in [0.15, 0.2) is 12.2 Å². The molecule has 1 heterocycles. The van der Waals surface area contributed by atoms with Crippen molar-refractivity contribution in [3.63, 3.8) is 0 Å². The molecule has 7 unspecified atom stereocenters. The summed E-state index contributed by atoms with van der Waals surface area (Å²) in [5, 5.41) is 45.0. The Morgan fingerprint density at radius 1 is 0.557 bits per heavy atom. The molecule has 1 rings (SSSR count). The van der Waals surface area contributed by atoms with Gasteiger partial charge >= 0.3 is 10.4 Å². The molecule has 7 atom stereocenters. The van der Waals surface area contributed by atoms with E-state index in [0.29, 0.717) is 12.8 Å². The predicted molar refractivity (Wildman–Crippen MR) is 287 cm³/mol. The van der Waals surface area contributed by atoms with Crippen LogP contribution in [0.2, 0.25) is 0 Å². The molecule has 1 aliphatic heterocycles. The highest BCUT2D eigenvalue weighted by atomic mass is 32.3. The first-order chi connectivity index (χ1) is 34.0. The lowest BCUT2D eigenvalue weighted by Gasteiger charge is -2.41. The van der Waals surface area contributed by atoms with Crippen molar-refractivity contribution in [1.29, 1.82) is 0 Å². The third kappa shape index (κ3) is 39.3. The van der Waals surface area contributed by atoms with Crippen molar-refractivity contribution >= 4 is 16.3 Å². The molecule has 12 nitrogen and oxygen atoms in total. The van der Waals surface area contributed by atoms with Gasteiger partial charge in [-0.25, -0.2) is 4.18 Å². The molecule has 70 heavy (non-hydrogen) atoms. The van der Waals surface area contributed by atoms with Gasteiger partial charge in [0.1, 0.15) is 24.4 Å². The zero-order chi connectivity index (χ0) is 51.2. The third-order valence-electron chi connectivity index (χ3n) is 14.3. The van der Waals surface area contributed by atoms with Crippen LogP contribution in [0.3, 0.4) is 0 Å². The fourth-order valence-electron chi connectivity index (χ4n) is 9.75. The van der Waals surface area contributed by atoms with E-state index in [1.807, 2.05) is 0 Å². The Bertz CT molecular complexity index is 1290. The number of hydrogen-bond acceptors (Lipinski definition) is 10. The lowest BCUT2D eigenvalue weighted by atomic mass is 9.99. The third-order valence-corrected chi connectivity index (χ3v) is 14.8. The van der Waals surface area contributed by atoms with Gasteiger partial charge in [-0.05, 0) is 38.5 Å². The minimum atomic E-state index is -5.08. The van der Waals surface area contributed by atoms with Crippen molar-refractivity contribution in [1.82, 2.24) is 5.32 Å². The highest BCUT2D eigenvalue weighted by Crippen LogP contribution is 2.26. The standard InChI is InChI=1S/C57H111NO11S/c1-3-5-7-9-11-13-15-17-18-19-20-21-22-23-24-25-26-27-28-29-30-31-32-33-35-37-39-41-43-45-47-53(61)58-50(51(60)46-44-42-40-38-36-34-16-14-12-10-8-6-4-2)49-67-57-55(63)56(69-70(64,65)66)54(62)52(48-59)68-57/h23-24,50-52,54-57,59-60,62-63H,3-22,25-49H2,1-2H3,(H,58,61)(H,64,65,66)/b24-23-. The average Bonchev–Trinajstić information content (AvgIpc) is 3.33. The van der Waals surface area contributed by atoms with Gasteiger partial charge in [0.2, 0.25) is 5.91 Å². The molecule has 416 valence electrons. The number of unbranched alkanes of at least 4 members (excludes halogenated alkanes) is 38. The van der Waals surface area contributed by atoms with Crippen LogP contribution in [0.4, 0.5) is 0 Å². The quantitative estimate of drug-likeness (QED) is 0.0193. The van der Waals surface area contributed by atoms with Crippen LogP contribution in [-0.4, -0.2) is 95.4 Å². The predicted octanol–water partition coefficient (Wildman–Crippen LogP) is 13.8. The Balaban J connectivity index is 2.24. The van der Waals surface area contributed by atoms with Gasteiger partial charge in [0, 0.05) is 6.42 Å². The van der Waals surface area contributed by atoms with Crippen LogP contribution in [0.5, 0.6) is 0 Å². The largest absolute Gasteiger partial charge is 0.397 e. The van der Waals surface area contributed by atoms with Crippen molar-refractivity contribution in [2.45, 2.75) is 333 Å². The second kappa shape index (κ2) is 47.5. The summed E-state index contributed by atoms with van der Waals surface area (Å²) in [6, 6.07) is -0.855. The summed E-state index contributed by atoms with van der Waals surface area (Å²) in [6.07, 6.45) is 48.1. The molecule has 0 aromatic rings. The lowest BCUT2D eigenvalue weighted by Crippen LogP contribution is -2.61. The molecule has 0 aromatic heterocycles. The Morgan fingerprint density at radius 2 is 0.914 bits per heavy atom. The summed E-state index contributed by atoms with van der Waals surface area (Å²) < 4.78 is 47.8. The second-order valence-corrected chi connectivity index (χ2v) is 22.0. The Hall–Kier alpha value is -1.16. The highest BCUT2D eigenvalue weighted by molar-refractivity contribution is 7.80. The van der Waals surface area contributed by atoms with Gasteiger partial charge in [-0.3, -0.25) is 9.35 Å². The molecule has 0 saturated carbocycles. The zero-order valence-electron chi connectivity index (χ0n) is 45.1. The van der Waals surface area contributed by atoms with E-state index in [0.717, 1.165) is 51.4 Å². The second-order valence-electron chi connectivity index (χ2n) is 20.9. The highest BCUT2D eigenvalue weighted by Gasteiger charge is 2.48. The minimum absolute atomic E-state index is 0.226. The average molecular weight is 1020 g/mol. The summed E-state index contributed by atoms with van der Waals surface area (Å²) in [5.74, 6) is -0.226. The lowest BCUT2D eigenvalue weighted by molar-refractivity contribution is -0.298. The Kier molecular flexibility index (Phi) is 45.4. The van der Waals surface area contributed by atoms with Crippen LogP contribution in [0, 0.1) is 0 Å². The van der Waals surface area contributed by atoms with Gasteiger partial charge in [-0.15, -0.1) is 0 Å². The van der Waals surface area contributed by atoms with Gasteiger partial charge in [0.15, 0.2) is 6.29 Å². The molecule has 1 fully saturated rings. The van der Waals surface area contributed by atoms with E-state index >= 15 is 0 Å². The van der Waals surface area contributed by atoms with Gasteiger partial charge in [0.25, 0.3) is 0 Å². The van der Waals surface area contributed by atoms with Crippen molar-refractivity contribution in [3.8, 4) is 0 Å². The number of hydrogen-bond donors (Lipinski definition) is 6. The fraction of sp³-hybridized carbons (Fsp3) is 0.947. The van der Waals surface area contributed by atoms with Gasteiger partial charge in [-0.2, -0.15) is 8.42 Å². The normalized spacial score (nSPS) is 19.6. The Morgan fingerprint density at radius 3 is 1.29 bits per heavy atom. The molecule has 0 bridgehead atoms. The minimum Gasteiger partial charge on any atom is -0.394 e. The first-order valence-corrected chi connectivity index (χ1v) is 30.9. The van der Waals surface area contributed by atoms with Crippen molar-refractivity contribution in [2.24, 2.45) is 0 Å². The molecule has 1 amide bonds. The summed E-state index contributed by atoms with van der Waals surface area (Å²) in [6.45, 7) is 3.48. The monoisotopic (exact) mass is 1020 g/mol. The van der Waals surface area contributed by atoms with E-state index in [2.05, 4.69) is 35.5 Å². The molecule has 1 saturated heterocycles. The van der Waals surface area contributed by atoms with E-state index in [9.17, 15) is 38.2 Å². The molecule has 0 aromatic carbocycles. The molecule has 1 aliphatic rings. The number of amides is 1. The van der Waals surface area contributed by atoms with Crippen molar-refractivity contribution in [2.75, 3.05) is 13.2 Å². The molecule has 0 radical (unpaired) electrons. The number of aliphatic hydroxyl groups excluding tert-OH is 4. The summed E-state index contributed by atoms with van der Waals surface area (Å²) >= 11 is 0. The van der Waals surface area contributed by atoms with E-state index in [1.165, 1.54) is 212 Å². The molecule has 6 N–H and O–H groups in total. The van der Waals surface area contributed by atoms with E-state index < -0.39 is 59.9 Å². The number of carbonyl (C=O) groups is 1. The summed E-state index contributed by atoms with van der Waals surface area (Å²) in [7, 11) is -5.08. The molecular weight excluding hydrogens is 907 g/mol. The molecular formula is C57H111NO11S. The van der Waals surface area contributed by atoms with Gasteiger partial charge < -0.3 is 35.2 Å². The number of ether oxygens (including phenoxy) is 2. The van der Waals surface area contributed by atoms with Gasteiger partial charge in [-0.1, -0.05) is 257 Å². The van der Waals surface area contributed by atoms with E-state index in [1.54, 1.807) is 0 Å². The first-order valence-electron chi connectivity index (χ1n) is 29.6. The number of allylic oxidation sites excluding steroid dienone is 2. The number of carbonyl (C=O) groups excluding carboxylic acids is 1. The van der Waals surface area contributed by atoms with Gasteiger partial charge in [0.05, 0.1) is 25.4 Å². The van der Waals surface area contributed by atoms with Crippen LogP contribution in [0.1, 0.15) is 290 Å².